The molecule has 118 valence electrons. The molecule has 1 saturated heterocycles. The molecule has 0 radical (unpaired) electrons. The summed E-state index contributed by atoms with van der Waals surface area (Å²) in [6.07, 6.45) is 0.704. The fourth-order valence-corrected chi connectivity index (χ4v) is 3.88. The molecule has 1 N–H and O–H groups in total. The van der Waals surface area contributed by atoms with Crippen LogP contribution in [0.1, 0.15) is 30.5 Å². The van der Waals surface area contributed by atoms with E-state index in [4.69, 9.17) is 4.74 Å². The van der Waals surface area contributed by atoms with Crippen molar-refractivity contribution in [3.63, 3.8) is 0 Å². The molecule has 23 heavy (non-hydrogen) atoms. The Morgan fingerprint density at radius 3 is 2.91 bits per heavy atom. The van der Waals surface area contributed by atoms with Crippen LogP contribution in [0, 0.1) is 6.92 Å². The van der Waals surface area contributed by atoms with Crippen molar-refractivity contribution in [2.45, 2.75) is 32.0 Å². The summed E-state index contributed by atoms with van der Waals surface area (Å²) < 4.78 is 7.25. The summed E-state index contributed by atoms with van der Waals surface area (Å²) >= 11 is 3.49. The molecule has 5 heteroatoms. The molecule has 2 heterocycles. The van der Waals surface area contributed by atoms with Crippen molar-refractivity contribution in [1.29, 1.82) is 0 Å². The fraction of sp³-hybridized carbons (Fsp3) is 0.278. The lowest BCUT2D eigenvalue weighted by atomic mass is 9.90. The smallest absolute Gasteiger partial charge is 0.325 e. The van der Waals surface area contributed by atoms with E-state index < -0.39 is 5.72 Å². The number of hydrogen-bond acceptors (Lipinski definition) is 2. The van der Waals surface area contributed by atoms with Crippen LogP contribution in [0.25, 0.3) is 0 Å². The minimum absolute atomic E-state index is 0.0326. The second-order valence-corrected chi connectivity index (χ2v) is 7.26. The van der Waals surface area contributed by atoms with E-state index >= 15 is 0 Å². The van der Waals surface area contributed by atoms with Gasteiger partial charge in [-0.05, 0) is 49.7 Å². The van der Waals surface area contributed by atoms with Gasteiger partial charge in [0.25, 0.3) is 0 Å². The van der Waals surface area contributed by atoms with Crippen molar-refractivity contribution in [2.75, 3.05) is 4.90 Å². The van der Waals surface area contributed by atoms with Gasteiger partial charge in [-0.25, -0.2) is 4.79 Å². The molecule has 2 aromatic rings. The maximum Gasteiger partial charge on any atom is 0.325 e. The lowest BCUT2D eigenvalue weighted by Gasteiger charge is -2.50. The zero-order valence-electron chi connectivity index (χ0n) is 13.0. The highest BCUT2D eigenvalue weighted by Gasteiger charge is 2.49. The van der Waals surface area contributed by atoms with Crippen molar-refractivity contribution >= 4 is 27.6 Å². The number of nitrogens with zero attached hydrogens (tertiary/aromatic N) is 1. The molecule has 1 fully saturated rings. The van der Waals surface area contributed by atoms with Crippen molar-refractivity contribution in [2.24, 2.45) is 0 Å². The molecule has 0 saturated carbocycles. The Morgan fingerprint density at radius 1 is 1.30 bits per heavy atom. The molecule has 2 bridgehead atoms. The number of ether oxygens (including phenoxy) is 1. The monoisotopic (exact) mass is 372 g/mol. The first-order valence-electron chi connectivity index (χ1n) is 7.62. The number of benzene rings is 2. The SMILES string of the molecule is Cc1cccc(N2C(=O)N[C@H]3C[C@]2(C)Oc2ccc(Br)cc23)c1. The third-order valence-electron chi connectivity index (χ3n) is 4.49. The quantitative estimate of drug-likeness (QED) is 0.798. The van der Waals surface area contributed by atoms with Crippen molar-refractivity contribution in [3.05, 3.63) is 58.1 Å². The third-order valence-corrected chi connectivity index (χ3v) is 4.99. The van der Waals surface area contributed by atoms with Crippen LogP contribution in [0.4, 0.5) is 10.5 Å². The summed E-state index contributed by atoms with van der Waals surface area (Å²) in [5.74, 6) is 0.824. The van der Waals surface area contributed by atoms with Gasteiger partial charge in [0.05, 0.1) is 6.04 Å². The highest BCUT2D eigenvalue weighted by molar-refractivity contribution is 9.10. The van der Waals surface area contributed by atoms with Crippen LogP contribution in [-0.2, 0) is 0 Å². The molecule has 2 aromatic carbocycles. The Hall–Kier alpha value is -2.01. The van der Waals surface area contributed by atoms with Gasteiger partial charge in [0.1, 0.15) is 5.75 Å². The number of anilines is 1. The minimum atomic E-state index is -0.693. The minimum Gasteiger partial charge on any atom is -0.467 e. The Balaban J connectivity index is 1.81. The van der Waals surface area contributed by atoms with Crippen LogP contribution in [0.5, 0.6) is 5.75 Å². The van der Waals surface area contributed by atoms with Gasteiger partial charge < -0.3 is 10.1 Å². The lowest BCUT2D eigenvalue weighted by molar-refractivity contribution is 0.0378. The van der Waals surface area contributed by atoms with Gasteiger partial charge >= 0.3 is 6.03 Å². The summed E-state index contributed by atoms with van der Waals surface area (Å²) in [6, 6.07) is 13.7. The number of carbonyl (C=O) groups is 1. The van der Waals surface area contributed by atoms with E-state index in [0.29, 0.717) is 6.42 Å². The van der Waals surface area contributed by atoms with E-state index in [1.54, 1.807) is 4.90 Å². The molecule has 2 aliphatic heterocycles. The van der Waals surface area contributed by atoms with Crippen LogP contribution in [0.3, 0.4) is 0 Å². The first-order chi connectivity index (χ1) is 11.0. The van der Waals surface area contributed by atoms with Crippen LogP contribution in [0.15, 0.2) is 46.9 Å². The predicted molar refractivity (Wildman–Crippen MR) is 92.7 cm³/mol. The van der Waals surface area contributed by atoms with Gasteiger partial charge in [-0.2, -0.15) is 0 Å². The van der Waals surface area contributed by atoms with Crippen LogP contribution < -0.4 is 15.0 Å². The molecule has 2 aliphatic rings. The fourth-order valence-electron chi connectivity index (χ4n) is 3.50. The van der Waals surface area contributed by atoms with Crippen LogP contribution in [-0.4, -0.2) is 11.8 Å². The Kier molecular flexibility index (Phi) is 3.17. The summed E-state index contributed by atoms with van der Waals surface area (Å²) in [5.41, 5.74) is 2.29. The summed E-state index contributed by atoms with van der Waals surface area (Å²) in [5, 5.41) is 3.11. The standard InChI is InChI=1S/C18H17BrN2O2/c1-11-4-3-5-13(8-11)21-17(22)20-15-10-18(21,2)23-16-7-6-12(19)9-14(15)16/h3-9,15H,10H2,1-2H3,(H,20,22)/t15-,18-/m0/s1. The van der Waals surface area contributed by atoms with E-state index in [1.807, 2.05) is 56.3 Å². The molecule has 0 aliphatic carbocycles. The number of halogens is 1. The van der Waals surface area contributed by atoms with Crippen molar-refractivity contribution < 1.29 is 9.53 Å². The van der Waals surface area contributed by atoms with E-state index in [2.05, 4.69) is 21.2 Å². The second-order valence-electron chi connectivity index (χ2n) is 6.34. The Labute approximate surface area is 143 Å². The van der Waals surface area contributed by atoms with E-state index in [9.17, 15) is 4.79 Å². The highest BCUT2D eigenvalue weighted by atomic mass is 79.9. The number of nitrogens with one attached hydrogen (secondary N) is 1. The first kappa shape index (κ1) is 14.6. The normalized spacial score (nSPS) is 25.4. The van der Waals surface area contributed by atoms with Gasteiger partial charge in [0.15, 0.2) is 5.72 Å². The van der Waals surface area contributed by atoms with Crippen molar-refractivity contribution in [1.82, 2.24) is 5.32 Å². The van der Waals surface area contributed by atoms with Crippen molar-refractivity contribution in [3.8, 4) is 5.75 Å². The number of hydrogen-bond donors (Lipinski definition) is 1. The topological polar surface area (TPSA) is 41.6 Å². The average Bonchev–Trinajstić information content (AvgIpc) is 2.47. The summed E-state index contributed by atoms with van der Waals surface area (Å²) in [6.45, 7) is 4.00. The maximum atomic E-state index is 12.7. The number of carbonyl (C=O) groups excluding carboxylic acids is 1. The largest absolute Gasteiger partial charge is 0.467 e. The van der Waals surface area contributed by atoms with Crippen LogP contribution in [0.2, 0.25) is 0 Å². The van der Waals surface area contributed by atoms with Gasteiger partial charge in [-0.3, -0.25) is 4.90 Å². The van der Waals surface area contributed by atoms with E-state index in [-0.39, 0.29) is 12.1 Å². The molecule has 0 unspecified atom stereocenters. The molecular weight excluding hydrogens is 356 g/mol. The molecule has 2 amide bonds. The Morgan fingerprint density at radius 2 is 2.13 bits per heavy atom. The molecule has 4 rings (SSSR count). The van der Waals surface area contributed by atoms with E-state index in [0.717, 1.165) is 27.0 Å². The number of fused-ring (bicyclic) bond motifs is 4. The molecule has 0 aromatic heterocycles. The number of amides is 2. The molecule has 2 atom stereocenters. The first-order valence-corrected chi connectivity index (χ1v) is 8.41. The third kappa shape index (κ3) is 2.30. The highest BCUT2D eigenvalue weighted by Crippen LogP contribution is 2.46. The van der Waals surface area contributed by atoms with Gasteiger partial charge in [0, 0.05) is 22.1 Å². The Bertz CT molecular complexity index is 807. The number of urea groups is 1. The number of rotatable bonds is 1. The molecule has 4 nitrogen and oxygen atoms in total. The molecular formula is C18H17BrN2O2. The zero-order valence-corrected chi connectivity index (χ0v) is 14.6. The second kappa shape index (κ2) is 4.99. The summed E-state index contributed by atoms with van der Waals surface area (Å²) in [4.78, 5) is 14.5. The molecule has 0 spiro atoms. The van der Waals surface area contributed by atoms with Gasteiger partial charge in [-0.15, -0.1) is 0 Å². The lowest BCUT2D eigenvalue weighted by Crippen LogP contribution is -2.65. The average molecular weight is 373 g/mol. The van der Waals surface area contributed by atoms with E-state index in [1.165, 1.54) is 0 Å². The maximum absolute atomic E-state index is 12.7. The van der Waals surface area contributed by atoms with Crippen LogP contribution >= 0.6 is 15.9 Å². The zero-order chi connectivity index (χ0) is 16.2. The predicted octanol–water partition coefficient (Wildman–Crippen LogP) is 4.53. The van der Waals surface area contributed by atoms with Gasteiger partial charge in [-0.1, -0.05) is 28.1 Å². The number of aryl methyl sites for hydroxylation is 1. The summed E-state index contributed by atoms with van der Waals surface area (Å²) in [7, 11) is 0. The van der Waals surface area contributed by atoms with Gasteiger partial charge in [0.2, 0.25) is 0 Å².